The number of aryl methyl sites for hydroxylation is 1. The van der Waals surface area contributed by atoms with Gasteiger partial charge in [0.1, 0.15) is 6.07 Å². The second-order valence-corrected chi connectivity index (χ2v) is 7.14. The summed E-state index contributed by atoms with van der Waals surface area (Å²) in [5.41, 5.74) is 2.92. The lowest BCUT2D eigenvalue weighted by atomic mass is 9.99. The summed E-state index contributed by atoms with van der Waals surface area (Å²) in [6, 6.07) is 11.4. The average molecular weight is 454 g/mol. The first-order chi connectivity index (χ1) is 15.4. The lowest BCUT2D eigenvalue weighted by Crippen LogP contribution is -2.15. The molecule has 0 saturated carbocycles. The predicted octanol–water partition coefficient (Wildman–Crippen LogP) is 4.43. The van der Waals surface area contributed by atoms with Gasteiger partial charge in [0.15, 0.2) is 0 Å². The zero-order valence-corrected chi connectivity index (χ0v) is 17.3. The fraction of sp³-hybridized carbons (Fsp3) is 0.0909. The molecule has 0 N–H and O–H groups in total. The predicted molar refractivity (Wildman–Crippen MR) is 114 cm³/mol. The number of nitrogens with zero attached hydrogens (tertiary/aromatic N) is 5. The zero-order chi connectivity index (χ0) is 22.8. The summed E-state index contributed by atoms with van der Waals surface area (Å²) < 4.78 is 32.0. The van der Waals surface area contributed by atoms with Crippen LogP contribution in [-0.2, 0) is 7.05 Å². The third-order valence-corrected chi connectivity index (χ3v) is 5.04. The first-order valence-corrected chi connectivity index (χ1v) is 9.61. The highest BCUT2D eigenvalue weighted by Gasteiger charge is 2.15. The van der Waals surface area contributed by atoms with E-state index < -0.39 is 6.61 Å². The van der Waals surface area contributed by atoms with E-state index in [0.29, 0.717) is 33.0 Å². The number of nitriles is 1. The monoisotopic (exact) mass is 453 g/mol. The van der Waals surface area contributed by atoms with Crippen molar-refractivity contribution in [2.45, 2.75) is 6.61 Å². The lowest BCUT2D eigenvalue weighted by molar-refractivity contribution is -0.0528. The van der Waals surface area contributed by atoms with Gasteiger partial charge in [-0.25, -0.2) is 9.67 Å². The minimum absolute atomic E-state index is 0.230. The van der Waals surface area contributed by atoms with Gasteiger partial charge in [-0.15, -0.1) is 0 Å². The number of hydrogen-bond acceptors (Lipinski definition) is 5. The van der Waals surface area contributed by atoms with Gasteiger partial charge in [0.25, 0.3) is 5.56 Å². The summed E-state index contributed by atoms with van der Waals surface area (Å²) >= 11 is 6.13. The van der Waals surface area contributed by atoms with Crippen molar-refractivity contribution in [3.8, 4) is 39.9 Å². The number of hydrogen-bond donors (Lipinski definition) is 0. The minimum atomic E-state index is -2.98. The van der Waals surface area contributed by atoms with Crippen LogP contribution < -0.4 is 10.3 Å². The van der Waals surface area contributed by atoms with E-state index in [1.165, 1.54) is 33.6 Å². The van der Waals surface area contributed by atoms with E-state index >= 15 is 0 Å². The van der Waals surface area contributed by atoms with Crippen LogP contribution in [0.25, 0.3) is 27.9 Å². The highest BCUT2D eigenvalue weighted by Crippen LogP contribution is 2.32. The van der Waals surface area contributed by atoms with Crippen LogP contribution in [0.15, 0.2) is 66.0 Å². The lowest BCUT2D eigenvalue weighted by Gasteiger charge is -2.11. The Balaban J connectivity index is 1.81. The highest BCUT2D eigenvalue weighted by atomic mass is 35.5. The number of ether oxygens (including phenoxy) is 1. The topological polar surface area (TPSA) is 85.7 Å². The fourth-order valence-corrected chi connectivity index (χ4v) is 3.42. The van der Waals surface area contributed by atoms with Crippen LogP contribution in [0.2, 0.25) is 5.02 Å². The van der Waals surface area contributed by atoms with E-state index in [2.05, 4.69) is 20.9 Å². The Labute approximate surface area is 185 Å². The van der Waals surface area contributed by atoms with Crippen LogP contribution in [0.3, 0.4) is 0 Å². The van der Waals surface area contributed by atoms with Gasteiger partial charge in [0.2, 0.25) is 5.88 Å². The normalized spacial score (nSPS) is 10.9. The van der Waals surface area contributed by atoms with Gasteiger partial charge in [-0.05, 0) is 23.8 Å². The summed E-state index contributed by atoms with van der Waals surface area (Å²) in [5.74, 6) is -0.230. The molecule has 0 saturated heterocycles. The van der Waals surface area contributed by atoms with Crippen LogP contribution in [0.4, 0.5) is 8.78 Å². The number of pyridine rings is 2. The van der Waals surface area contributed by atoms with Gasteiger partial charge >= 0.3 is 6.61 Å². The van der Waals surface area contributed by atoms with Crippen molar-refractivity contribution >= 4 is 11.6 Å². The van der Waals surface area contributed by atoms with Gasteiger partial charge < -0.3 is 9.30 Å². The molecular weight excluding hydrogens is 440 g/mol. The molecule has 0 amide bonds. The van der Waals surface area contributed by atoms with E-state index in [0.717, 1.165) is 0 Å². The highest BCUT2D eigenvalue weighted by molar-refractivity contribution is 6.32. The summed E-state index contributed by atoms with van der Waals surface area (Å²) in [7, 11) is 1.61. The van der Waals surface area contributed by atoms with Crippen molar-refractivity contribution in [1.29, 1.82) is 5.26 Å². The molecule has 3 heterocycles. The maximum Gasteiger partial charge on any atom is 0.388 e. The van der Waals surface area contributed by atoms with Crippen molar-refractivity contribution in [2.75, 3.05) is 0 Å². The molecule has 0 aliphatic heterocycles. The molecule has 0 unspecified atom stereocenters. The number of aromatic nitrogens is 4. The Morgan fingerprint density at radius 2 is 1.94 bits per heavy atom. The van der Waals surface area contributed by atoms with E-state index in [9.17, 15) is 18.8 Å². The van der Waals surface area contributed by atoms with Crippen molar-refractivity contribution < 1.29 is 13.5 Å². The van der Waals surface area contributed by atoms with Crippen molar-refractivity contribution in [3.05, 3.63) is 82.1 Å². The molecule has 0 spiro atoms. The first kappa shape index (κ1) is 21.2. The van der Waals surface area contributed by atoms with E-state index in [-0.39, 0.29) is 17.0 Å². The first-order valence-electron chi connectivity index (χ1n) is 9.23. The maximum atomic E-state index is 12.4. The Morgan fingerprint density at radius 3 is 2.62 bits per heavy atom. The van der Waals surface area contributed by atoms with E-state index in [4.69, 9.17) is 11.6 Å². The molecule has 4 aromatic rings. The smallest absolute Gasteiger partial charge is 0.388 e. The number of alkyl halides is 2. The third kappa shape index (κ3) is 4.08. The quantitative estimate of drug-likeness (QED) is 0.446. The van der Waals surface area contributed by atoms with Crippen molar-refractivity contribution in [2.24, 2.45) is 7.05 Å². The van der Waals surface area contributed by atoms with E-state index in [1.54, 1.807) is 43.8 Å². The Morgan fingerprint density at radius 1 is 1.12 bits per heavy atom. The number of benzene rings is 1. The molecule has 0 fully saturated rings. The molecule has 0 bridgehead atoms. The summed E-state index contributed by atoms with van der Waals surface area (Å²) in [6.45, 7) is -2.98. The van der Waals surface area contributed by atoms with E-state index in [1.807, 2.05) is 0 Å². The van der Waals surface area contributed by atoms with Crippen LogP contribution >= 0.6 is 11.6 Å². The van der Waals surface area contributed by atoms with Crippen molar-refractivity contribution in [3.63, 3.8) is 0 Å². The maximum absolute atomic E-state index is 12.4. The molecule has 7 nitrogen and oxygen atoms in total. The molecule has 0 aliphatic rings. The standard InChI is InChI=1S/C22H14ClF2N5O2/c1-29-12-17(14-10-28-30(11-14)19-4-2-3-18(23)16(19)8-26)15(7-21(29)31)13-5-6-20(27-9-13)32-22(24)25/h2-7,9-12,22H,1H3. The zero-order valence-electron chi connectivity index (χ0n) is 16.5. The molecule has 4 rings (SSSR count). The molecule has 160 valence electrons. The Kier molecular flexibility index (Phi) is 5.71. The second-order valence-electron chi connectivity index (χ2n) is 6.73. The van der Waals surface area contributed by atoms with Crippen LogP contribution in [0.5, 0.6) is 5.88 Å². The van der Waals surface area contributed by atoms with Gasteiger partial charge in [0.05, 0.1) is 22.5 Å². The molecule has 3 aromatic heterocycles. The van der Waals surface area contributed by atoms with Gasteiger partial charge in [-0.2, -0.15) is 19.1 Å². The SMILES string of the molecule is Cn1cc(-c2cnn(-c3cccc(Cl)c3C#N)c2)c(-c2ccc(OC(F)F)nc2)cc1=O. The molecule has 0 aliphatic carbocycles. The average Bonchev–Trinajstić information content (AvgIpc) is 3.25. The van der Waals surface area contributed by atoms with Crippen LogP contribution in [0.1, 0.15) is 5.56 Å². The molecule has 32 heavy (non-hydrogen) atoms. The van der Waals surface area contributed by atoms with Gasteiger partial charge in [0, 0.05) is 54.5 Å². The van der Waals surface area contributed by atoms with Gasteiger partial charge in [-0.3, -0.25) is 4.79 Å². The molecule has 10 heteroatoms. The second kappa shape index (κ2) is 8.61. The molecule has 0 atom stereocenters. The molecule has 1 aromatic carbocycles. The van der Waals surface area contributed by atoms with Crippen molar-refractivity contribution in [1.82, 2.24) is 19.3 Å². The summed E-state index contributed by atoms with van der Waals surface area (Å²) in [4.78, 5) is 16.2. The number of rotatable bonds is 5. The minimum Gasteiger partial charge on any atom is -0.417 e. The summed E-state index contributed by atoms with van der Waals surface area (Å²) in [5, 5.41) is 14.1. The van der Waals surface area contributed by atoms with Gasteiger partial charge in [-0.1, -0.05) is 17.7 Å². The fourth-order valence-electron chi connectivity index (χ4n) is 3.21. The molecule has 0 radical (unpaired) electrons. The van der Waals surface area contributed by atoms with Crippen LogP contribution in [0, 0.1) is 11.3 Å². The third-order valence-electron chi connectivity index (χ3n) is 4.73. The number of halogens is 3. The Hall–Kier alpha value is -4.03. The van der Waals surface area contributed by atoms with Crippen LogP contribution in [-0.4, -0.2) is 25.9 Å². The molecular formula is C22H14ClF2N5O2. The largest absolute Gasteiger partial charge is 0.417 e. The summed E-state index contributed by atoms with van der Waals surface area (Å²) in [6.07, 6.45) is 6.29. The Bertz CT molecular complexity index is 1390.